The molecule has 0 aromatic carbocycles. The summed E-state index contributed by atoms with van der Waals surface area (Å²) in [6, 6.07) is 0.838. The third kappa shape index (κ3) is 3.53. The molecule has 0 saturated carbocycles. The van der Waals surface area contributed by atoms with Gasteiger partial charge in [0.2, 0.25) is 5.91 Å². The minimum absolute atomic E-state index is 0.0167. The van der Waals surface area contributed by atoms with Crippen LogP contribution in [0.2, 0.25) is 0 Å². The molecule has 3 unspecified atom stereocenters. The number of rotatable bonds is 3. The maximum Gasteiger partial charge on any atom is 0.239 e. The van der Waals surface area contributed by atoms with E-state index >= 15 is 0 Å². The molecule has 116 valence electrons. The average molecular weight is 281 g/mol. The zero-order chi connectivity index (χ0) is 14.5. The zero-order valence-corrected chi connectivity index (χ0v) is 13.2. The van der Waals surface area contributed by atoms with Crippen LogP contribution < -0.4 is 5.73 Å². The predicted molar refractivity (Wildman–Crippen MR) is 82.5 cm³/mol. The van der Waals surface area contributed by atoms with Gasteiger partial charge in [0.1, 0.15) is 0 Å². The quantitative estimate of drug-likeness (QED) is 0.860. The standard InChI is InChI=1S/C16H31N3O/c1-13-8-7-9-15(12-17)19(13)14(2)16(20)18-10-5-3-4-6-11-18/h13-15H,3-12,17H2,1-2H3. The Morgan fingerprint density at radius 3 is 2.40 bits per heavy atom. The van der Waals surface area contributed by atoms with Crippen LogP contribution in [0, 0.1) is 0 Å². The van der Waals surface area contributed by atoms with Crippen LogP contribution in [0.5, 0.6) is 0 Å². The molecule has 4 heteroatoms. The van der Waals surface area contributed by atoms with Crippen molar-refractivity contribution < 1.29 is 4.79 Å². The van der Waals surface area contributed by atoms with E-state index < -0.39 is 0 Å². The fourth-order valence-corrected chi connectivity index (χ4v) is 3.93. The van der Waals surface area contributed by atoms with Crippen LogP contribution in [0.4, 0.5) is 0 Å². The summed E-state index contributed by atoms with van der Waals surface area (Å²) in [7, 11) is 0. The van der Waals surface area contributed by atoms with Gasteiger partial charge < -0.3 is 10.6 Å². The maximum atomic E-state index is 12.8. The molecule has 0 aromatic rings. The van der Waals surface area contributed by atoms with Crippen LogP contribution in [0.15, 0.2) is 0 Å². The van der Waals surface area contributed by atoms with E-state index in [9.17, 15) is 4.79 Å². The molecule has 2 N–H and O–H groups in total. The van der Waals surface area contributed by atoms with Gasteiger partial charge in [-0.3, -0.25) is 9.69 Å². The van der Waals surface area contributed by atoms with Crippen molar-refractivity contribution in [2.45, 2.75) is 76.9 Å². The zero-order valence-electron chi connectivity index (χ0n) is 13.2. The van der Waals surface area contributed by atoms with Gasteiger partial charge in [0, 0.05) is 31.7 Å². The Morgan fingerprint density at radius 1 is 1.15 bits per heavy atom. The number of carbonyl (C=O) groups is 1. The second-order valence-electron chi connectivity index (χ2n) is 6.53. The predicted octanol–water partition coefficient (Wildman–Crippen LogP) is 1.98. The summed E-state index contributed by atoms with van der Waals surface area (Å²) in [5.41, 5.74) is 5.93. The Labute approximate surface area is 123 Å². The molecule has 4 nitrogen and oxygen atoms in total. The third-order valence-electron chi connectivity index (χ3n) is 5.08. The van der Waals surface area contributed by atoms with Crippen molar-refractivity contribution in [3.63, 3.8) is 0 Å². The Bertz CT molecular complexity index is 313. The highest BCUT2D eigenvalue weighted by molar-refractivity contribution is 5.81. The first-order valence-corrected chi connectivity index (χ1v) is 8.41. The van der Waals surface area contributed by atoms with E-state index in [1.807, 2.05) is 0 Å². The highest BCUT2D eigenvalue weighted by atomic mass is 16.2. The van der Waals surface area contributed by atoms with E-state index in [1.54, 1.807) is 0 Å². The molecule has 0 radical (unpaired) electrons. The molecule has 0 spiro atoms. The molecular weight excluding hydrogens is 250 g/mol. The van der Waals surface area contributed by atoms with Crippen LogP contribution >= 0.6 is 0 Å². The fourth-order valence-electron chi connectivity index (χ4n) is 3.93. The SMILES string of the molecule is CC1CCCC(CN)N1C(C)C(=O)N1CCCCCC1. The van der Waals surface area contributed by atoms with Crippen LogP contribution in [0.3, 0.4) is 0 Å². The van der Waals surface area contributed by atoms with E-state index in [-0.39, 0.29) is 6.04 Å². The molecular formula is C16H31N3O. The van der Waals surface area contributed by atoms with Gasteiger partial charge in [-0.25, -0.2) is 0 Å². The Balaban J connectivity index is 2.03. The number of hydrogen-bond acceptors (Lipinski definition) is 3. The van der Waals surface area contributed by atoms with Gasteiger partial charge in [0.25, 0.3) is 0 Å². The Hall–Kier alpha value is -0.610. The summed E-state index contributed by atoms with van der Waals surface area (Å²) in [4.78, 5) is 17.3. The van der Waals surface area contributed by atoms with Gasteiger partial charge in [-0.15, -0.1) is 0 Å². The number of likely N-dealkylation sites (tertiary alicyclic amines) is 2. The second kappa shape index (κ2) is 7.41. The van der Waals surface area contributed by atoms with Crippen molar-refractivity contribution in [3.8, 4) is 0 Å². The van der Waals surface area contributed by atoms with E-state index in [0.717, 1.165) is 32.4 Å². The Morgan fingerprint density at radius 2 is 1.80 bits per heavy atom. The first-order valence-electron chi connectivity index (χ1n) is 8.41. The minimum Gasteiger partial charge on any atom is -0.341 e. The molecule has 3 atom stereocenters. The van der Waals surface area contributed by atoms with Gasteiger partial charge in [-0.2, -0.15) is 0 Å². The highest BCUT2D eigenvalue weighted by Gasteiger charge is 2.35. The van der Waals surface area contributed by atoms with Crippen molar-refractivity contribution in [1.29, 1.82) is 0 Å². The third-order valence-corrected chi connectivity index (χ3v) is 5.08. The molecule has 2 aliphatic rings. The summed E-state index contributed by atoms with van der Waals surface area (Å²) >= 11 is 0. The molecule has 0 bridgehead atoms. The molecule has 2 heterocycles. The Kier molecular flexibility index (Phi) is 5.85. The molecule has 0 aromatic heterocycles. The molecule has 1 amide bonds. The number of carbonyl (C=O) groups excluding carboxylic acids is 1. The second-order valence-corrected chi connectivity index (χ2v) is 6.53. The summed E-state index contributed by atoms with van der Waals surface area (Å²) < 4.78 is 0. The number of piperidine rings is 1. The lowest BCUT2D eigenvalue weighted by Crippen LogP contribution is -2.57. The molecule has 2 saturated heterocycles. The smallest absolute Gasteiger partial charge is 0.239 e. The first kappa shape index (κ1) is 15.8. The van der Waals surface area contributed by atoms with Crippen LogP contribution in [0.1, 0.15) is 58.8 Å². The summed E-state index contributed by atoms with van der Waals surface area (Å²) in [6.45, 7) is 6.88. The minimum atomic E-state index is -0.0167. The monoisotopic (exact) mass is 281 g/mol. The number of hydrogen-bond donors (Lipinski definition) is 1. The topological polar surface area (TPSA) is 49.6 Å². The average Bonchev–Trinajstić information content (AvgIpc) is 2.74. The van der Waals surface area contributed by atoms with Crippen molar-refractivity contribution in [3.05, 3.63) is 0 Å². The molecule has 2 fully saturated rings. The highest BCUT2D eigenvalue weighted by Crippen LogP contribution is 2.25. The van der Waals surface area contributed by atoms with E-state index in [4.69, 9.17) is 5.73 Å². The van der Waals surface area contributed by atoms with Gasteiger partial charge in [-0.05, 0) is 39.5 Å². The van der Waals surface area contributed by atoms with Crippen LogP contribution in [-0.4, -0.2) is 53.5 Å². The number of nitrogens with zero attached hydrogens (tertiary/aromatic N) is 2. The number of amides is 1. The largest absolute Gasteiger partial charge is 0.341 e. The lowest BCUT2D eigenvalue weighted by Gasteiger charge is -2.44. The van der Waals surface area contributed by atoms with Crippen LogP contribution in [-0.2, 0) is 4.79 Å². The maximum absolute atomic E-state index is 12.8. The first-order chi connectivity index (χ1) is 9.65. The molecule has 0 aliphatic carbocycles. The van der Waals surface area contributed by atoms with Crippen LogP contribution in [0.25, 0.3) is 0 Å². The van der Waals surface area contributed by atoms with E-state index in [0.29, 0.717) is 24.5 Å². The lowest BCUT2D eigenvalue weighted by molar-refractivity contribution is -0.139. The lowest BCUT2D eigenvalue weighted by atomic mass is 9.94. The summed E-state index contributed by atoms with van der Waals surface area (Å²) in [5, 5.41) is 0. The van der Waals surface area contributed by atoms with Crippen molar-refractivity contribution in [2.75, 3.05) is 19.6 Å². The molecule has 20 heavy (non-hydrogen) atoms. The van der Waals surface area contributed by atoms with E-state index in [2.05, 4.69) is 23.6 Å². The molecule has 2 rings (SSSR count). The van der Waals surface area contributed by atoms with Gasteiger partial charge in [0.05, 0.1) is 6.04 Å². The van der Waals surface area contributed by atoms with Crippen molar-refractivity contribution in [2.24, 2.45) is 5.73 Å². The van der Waals surface area contributed by atoms with E-state index in [1.165, 1.54) is 25.7 Å². The van der Waals surface area contributed by atoms with Gasteiger partial charge in [-0.1, -0.05) is 19.3 Å². The fraction of sp³-hybridized carbons (Fsp3) is 0.938. The summed E-state index contributed by atoms with van der Waals surface area (Å²) in [5.74, 6) is 0.319. The van der Waals surface area contributed by atoms with Gasteiger partial charge >= 0.3 is 0 Å². The van der Waals surface area contributed by atoms with Crippen molar-refractivity contribution >= 4 is 5.91 Å². The number of nitrogens with two attached hydrogens (primary N) is 1. The molecule has 2 aliphatic heterocycles. The van der Waals surface area contributed by atoms with Crippen molar-refractivity contribution in [1.82, 2.24) is 9.80 Å². The summed E-state index contributed by atoms with van der Waals surface area (Å²) in [6.07, 6.45) is 8.42. The normalized spacial score (nSPS) is 30.9. The van der Waals surface area contributed by atoms with Gasteiger partial charge in [0.15, 0.2) is 0 Å².